The van der Waals surface area contributed by atoms with E-state index >= 15 is 0 Å². The number of phenols is 1. The van der Waals surface area contributed by atoms with Crippen molar-refractivity contribution in [3.63, 3.8) is 0 Å². The first kappa shape index (κ1) is 31.8. The largest absolute Gasteiger partial charge is 0.508 e. The number of nitrogens with two attached hydrogens (primary N) is 1. The van der Waals surface area contributed by atoms with E-state index in [1.807, 2.05) is 0 Å². The molecule has 2 aromatic carbocycles. The van der Waals surface area contributed by atoms with E-state index in [0.717, 1.165) is 5.56 Å². The van der Waals surface area contributed by atoms with Gasteiger partial charge in [-0.3, -0.25) is 19.2 Å². The summed E-state index contributed by atoms with van der Waals surface area (Å²) in [5, 5.41) is 35.3. The smallest absolute Gasteiger partial charge is 0.326 e. The van der Waals surface area contributed by atoms with E-state index in [9.17, 15) is 34.2 Å². The number of rotatable bonds is 15. The molecule has 8 N–H and O–H groups in total. The quantitative estimate of drug-likeness (QED) is 0.163. The number of carbonyl (C=O) groups excluding carboxylic acids is 3. The Kier molecular flexibility index (Phi) is 12.1. The highest BCUT2D eigenvalue weighted by Gasteiger charge is 2.32. The average molecular weight is 557 g/mol. The summed E-state index contributed by atoms with van der Waals surface area (Å²) in [4.78, 5) is 61.7. The molecular weight excluding hydrogens is 520 g/mol. The van der Waals surface area contributed by atoms with Gasteiger partial charge in [-0.2, -0.15) is 0 Å². The molecule has 216 valence electrons. The molecule has 4 unspecified atom stereocenters. The van der Waals surface area contributed by atoms with Crippen LogP contribution >= 0.6 is 0 Å². The maximum absolute atomic E-state index is 13.4. The molecule has 0 aliphatic carbocycles. The number of carboxylic acid groups (broad SMARTS) is 2. The summed E-state index contributed by atoms with van der Waals surface area (Å²) >= 11 is 0. The number of phenolic OH excluding ortho intramolecular Hbond substituents is 1. The molecule has 12 heteroatoms. The Balaban J connectivity index is 2.18. The van der Waals surface area contributed by atoms with Gasteiger partial charge in [0.05, 0.1) is 6.04 Å². The van der Waals surface area contributed by atoms with Gasteiger partial charge in [-0.05, 0) is 42.0 Å². The van der Waals surface area contributed by atoms with Gasteiger partial charge in [-0.15, -0.1) is 0 Å². The highest BCUT2D eigenvalue weighted by atomic mass is 16.4. The van der Waals surface area contributed by atoms with Gasteiger partial charge in [0.1, 0.15) is 23.9 Å². The van der Waals surface area contributed by atoms with Crippen molar-refractivity contribution in [1.82, 2.24) is 16.0 Å². The Morgan fingerprint density at radius 2 is 1.32 bits per heavy atom. The van der Waals surface area contributed by atoms with Crippen LogP contribution < -0.4 is 21.7 Å². The highest BCUT2D eigenvalue weighted by Crippen LogP contribution is 2.12. The standard InChI is InChI=1S/C28H36N4O8/c1-16(2)24(27(38)30-21(28(39)40)12-13-23(34)35)32-26(37)22(15-17-6-4-3-5-7-17)31-25(36)20(29)14-18-8-10-19(33)11-9-18/h3-11,16,20-22,24,33H,12-15,29H2,1-2H3,(H,30,38)(H,31,36)(H,32,37)(H,34,35)(H,39,40). The second kappa shape index (κ2) is 15.2. The third kappa shape index (κ3) is 10.4. The minimum Gasteiger partial charge on any atom is -0.508 e. The van der Waals surface area contributed by atoms with Gasteiger partial charge in [0, 0.05) is 12.8 Å². The van der Waals surface area contributed by atoms with Crippen LogP contribution in [0.1, 0.15) is 37.8 Å². The van der Waals surface area contributed by atoms with E-state index in [4.69, 9.17) is 10.8 Å². The van der Waals surface area contributed by atoms with Gasteiger partial charge in [0.2, 0.25) is 17.7 Å². The zero-order chi connectivity index (χ0) is 29.8. The Bertz CT molecular complexity index is 1170. The summed E-state index contributed by atoms with van der Waals surface area (Å²) < 4.78 is 0. The summed E-state index contributed by atoms with van der Waals surface area (Å²) in [5.41, 5.74) is 7.53. The van der Waals surface area contributed by atoms with E-state index in [2.05, 4.69) is 16.0 Å². The Hall–Kier alpha value is -4.45. The zero-order valence-corrected chi connectivity index (χ0v) is 22.4. The summed E-state index contributed by atoms with van der Waals surface area (Å²) in [6.07, 6.45) is -0.560. The van der Waals surface area contributed by atoms with Crippen LogP contribution in [0.4, 0.5) is 0 Å². The molecule has 0 spiro atoms. The first-order chi connectivity index (χ1) is 18.9. The zero-order valence-electron chi connectivity index (χ0n) is 22.4. The molecular formula is C28H36N4O8. The Labute approximate surface area is 232 Å². The van der Waals surface area contributed by atoms with Crippen LogP contribution in [0.2, 0.25) is 0 Å². The van der Waals surface area contributed by atoms with Crippen molar-refractivity contribution in [3.8, 4) is 5.75 Å². The van der Waals surface area contributed by atoms with Crippen molar-refractivity contribution >= 4 is 29.7 Å². The predicted molar refractivity (Wildman–Crippen MR) is 145 cm³/mol. The normalized spacial score (nSPS) is 13.9. The molecule has 12 nitrogen and oxygen atoms in total. The fourth-order valence-corrected chi connectivity index (χ4v) is 3.89. The molecule has 0 saturated carbocycles. The number of benzene rings is 2. The minimum atomic E-state index is -1.46. The molecule has 0 bridgehead atoms. The van der Waals surface area contributed by atoms with E-state index in [1.54, 1.807) is 56.3 Å². The van der Waals surface area contributed by atoms with Gasteiger partial charge < -0.3 is 37.0 Å². The highest BCUT2D eigenvalue weighted by molar-refractivity contribution is 5.94. The lowest BCUT2D eigenvalue weighted by atomic mass is 9.99. The number of amides is 3. The molecule has 2 aromatic rings. The molecule has 40 heavy (non-hydrogen) atoms. The van der Waals surface area contributed by atoms with Crippen molar-refractivity contribution in [3.05, 3.63) is 65.7 Å². The molecule has 0 fully saturated rings. The monoisotopic (exact) mass is 556 g/mol. The van der Waals surface area contributed by atoms with Gasteiger partial charge >= 0.3 is 11.9 Å². The van der Waals surface area contributed by atoms with Gasteiger partial charge in [-0.1, -0.05) is 56.3 Å². The fraction of sp³-hybridized carbons (Fsp3) is 0.393. The average Bonchev–Trinajstić information content (AvgIpc) is 2.90. The molecule has 3 amide bonds. The second-order valence-corrected chi connectivity index (χ2v) is 9.79. The van der Waals surface area contributed by atoms with Gasteiger partial charge in [0.25, 0.3) is 0 Å². The first-order valence-corrected chi connectivity index (χ1v) is 12.8. The summed E-state index contributed by atoms with van der Waals surface area (Å²) in [6, 6.07) is 10.3. The van der Waals surface area contributed by atoms with Crippen LogP contribution in [0, 0.1) is 5.92 Å². The molecule has 0 heterocycles. The van der Waals surface area contributed by atoms with Crippen LogP contribution in [0.15, 0.2) is 54.6 Å². The molecule has 0 aliphatic rings. The number of aromatic hydroxyl groups is 1. The van der Waals surface area contributed by atoms with Gasteiger partial charge in [-0.25, -0.2) is 4.79 Å². The van der Waals surface area contributed by atoms with Gasteiger partial charge in [0.15, 0.2) is 0 Å². The number of nitrogens with one attached hydrogen (secondary N) is 3. The fourth-order valence-electron chi connectivity index (χ4n) is 3.89. The number of hydrogen-bond acceptors (Lipinski definition) is 7. The lowest BCUT2D eigenvalue weighted by Crippen LogP contribution is -2.59. The number of hydrogen-bond donors (Lipinski definition) is 7. The van der Waals surface area contributed by atoms with Crippen molar-refractivity contribution in [2.75, 3.05) is 0 Å². The van der Waals surface area contributed by atoms with E-state index in [0.29, 0.717) is 5.56 Å². The maximum atomic E-state index is 13.4. The predicted octanol–water partition coefficient (Wildman–Crippen LogP) is 0.565. The van der Waals surface area contributed by atoms with E-state index in [1.165, 1.54) is 12.1 Å². The topological polar surface area (TPSA) is 208 Å². The molecule has 0 saturated heterocycles. The third-order valence-corrected chi connectivity index (χ3v) is 6.15. The number of carboxylic acids is 2. The molecule has 2 rings (SSSR count). The van der Waals surface area contributed by atoms with Crippen molar-refractivity contribution in [1.29, 1.82) is 0 Å². The van der Waals surface area contributed by atoms with Crippen LogP contribution in [0.25, 0.3) is 0 Å². The molecule has 4 atom stereocenters. The maximum Gasteiger partial charge on any atom is 0.326 e. The first-order valence-electron chi connectivity index (χ1n) is 12.8. The third-order valence-electron chi connectivity index (χ3n) is 6.15. The van der Waals surface area contributed by atoms with Crippen molar-refractivity contribution in [2.24, 2.45) is 11.7 Å². The minimum absolute atomic E-state index is 0.0710. The lowest BCUT2D eigenvalue weighted by molar-refractivity contribution is -0.143. The van der Waals surface area contributed by atoms with Crippen LogP contribution in [0.3, 0.4) is 0 Å². The Morgan fingerprint density at radius 1 is 0.750 bits per heavy atom. The van der Waals surface area contributed by atoms with Crippen molar-refractivity contribution in [2.45, 2.75) is 63.7 Å². The van der Waals surface area contributed by atoms with E-state index in [-0.39, 0.29) is 25.0 Å². The molecule has 0 aromatic heterocycles. The number of aliphatic carboxylic acids is 2. The van der Waals surface area contributed by atoms with Crippen LogP contribution in [-0.4, -0.2) is 69.1 Å². The summed E-state index contributed by atoms with van der Waals surface area (Å²) in [5.74, 6) is -5.09. The molecule has 0 radical (unpaired) electrons. The van der Waals surface area contributed by atoms with E-state index < -0.39 is 66.2 Å². The second-order valence-electron chi connectivity index (χ2n) is 9.79. The summed E-state index contributed by atoms with van der Waals surface area (Å²) in [6.45, 7) is 3.30. The van der Waals surface area contributed by atoms with Crippen molar-refractivity contribution < 1.29 is 39.3 Å². The Morgan fingerprint density at radius 3 is 1.88 bits per heavy atom. The summed E-state index contributed by atoms with van der Waals surface area (Å²) in [7, 11) is 0. The number of carbonyl (C=O) groups is 5. The lowest BCUT2D eigenvalue weighted by Gasteiger charge is -2.27. The van der Waals surface area contributed by atoms with Crippen LogP contribution in [0.5, 0.6) is 5.75 Å². The van der Waals surface area contributed by atoms with Crippen LogP contribution in [-0.2, 0) is 36.8 Å². The molecule has 0 aliphatic heterocycles. The SMILES string of the molecule is CC(C)C(NC(=O)C(Cc1ccccc1)NC(=O)C(N)Cc1ccc(O)cc1)C(=O)NC(CCC(=O)O)C(=O)O.